The molecule has 4 heteroatoms. The molecule has 4 nitrogen and oxygen atoms in total. The van der Waals surface area contributed by atoms with Gasteiger partial charge >= 0.3 is 0 Å². The van der Waals surface area contributed by atoms with Crippen molar-refractivity contribution in [3.8, 4) is 5.75 Å². The lowest BCUT2D eigenvalue weighted by atomic mass is 9.88. The highest BCUT2D eigenvalue weighted by Crippen LogP contribution is 2.35. The summed E-state index contributed by atoms with van der Waals surface area (Å²) in [5.74, 6) is 0.822. The number of hydrogen-bond acceptors (Lipinski definition) is 3. The number of ether oxygens (including phenoxy) is 1. The number of benzene rings is 2. The molecule has 0 unspecified atom stereocenters. The molecule has 1 heterocycles. The molecule has 3 rings (SSSR count). The Labute approximate surface area is 142 Å². The van der Waals surface area contributed by atoms with Gasteiger partial charge in [-0.2, -0.15) is 0 Å². The van der Waals surface area contributed by atoms with Crippen molar-refractivity contribution in [2.75, 3.05) is 0 Å². The normalized spacial score (nSPS) is 18.5. The van der Waals surface area contributed by atoms with E-state index in [4.69, 9.17) is 4.74 Å². The van der Waals surface area contributed by atoms with E-state index in [2.05, 4.69) is 23.0 Å². The van der Waals surface area contributed by atoms with Gasteiger partial charge in [0.2, 0.25) is 5.91 Å². The Morgan fingerprint density at radius 1 is 1.04 bits per heavy atom. The molecular weight excluding hydrogens is 300 g/mol. The fourth-order valence-electron chi connectivity index (χ4n) is 2.80. The molecule has 2 N–H and O–H groups in total. The second-order valence-electron chi connectivity index (χ2n) is 7.68. The van der Waals surface area contributed by atoms with Crippen LogP contribution in [0.5, 0.6) is 5.75 Å². The van der Waals surface area contributed by atoms with Crippen LogP contribution in [-0.4, -0.2) is 11.5 Å². The molecule has 0 aliphatic carbocycles. The van der Waals surface area contributed by atoms with Crippen molar-refractivity contribution in [1.29, 1.82) is 0 Å². The molecule has 1 aliphatic rings. The average Bonchev–Trinajstić information content (AvgIpc) is 2.73. The summed E-state index contributed by atoms with van der Waals surface area (Å²) in [5.41, 5.74) is 6.71. The Morgan fingerprint density at radius 3 is 2.29 bits per heavy atom. The summed E-state index contributed by atoms with van der Waals surface area (Å²) in [7, 11) is 0. The van der Waals surface area contributed by atoms with Crippen LogP contribution < -0.4 is 15.6 Å². The third-order valence-electron chi connectivity index (χ3n) is 4.17. The van der Waals surface area contributed by atoms with Gasteiger partial charge in [0.25, 0.3) is 0 Å². The van der Waals surface area contributed by atoms with Gasteiger partial charge in [0.05, 0.1) is 5.41 Å². The van der Waals surface area contributed by atoms with Gasteiger partial charge in [-0.3, -0.25) is 10.2 Å². The highest BCUT2D eigenvalue weighted by Gasteiger charge is 2.37. The van der Waals surface area contributed by atoms with E-state index in [0.717, 1.165) is 27.8 Å². The fourth-order valence-corrected chi connectivity index (χ4v) is 2.80. The Bertz CT molecular complexity index is 824. The van der Waals surface area contributed by atoms with Crippen molar-refractivity contribution < 1.29 is 9.53 Å². The number of amides is 1. The number of carbonyl (C=O) groups excluding carboxylic acids is 1. The van der Waals surface area contributed by atoms with Crippen LogP contribution >= 0.6 is 0 Å². The Balaban J connectivity index is 2.17. The second kappa shape index (κ2) is 5.55. The molecule has 2 aromatic carbocycles. The van der Waals surface area contributed by atoms with Crippen molar-refractivity contribution in [3.05, 3.63) is 47.7 Å². The van der Waals surface area contributed by atoms with E-state index in [-0.39, 0.29) is 11.5 Å². The lowest BCUT2D eigenvalue weighted by molar-refractivity contribution is -0.125. The predicted molar refractivity (Wildman–Crippen MR) is 97.4 cm³/mol. The van der Waals surface area contributed by atoms with E-state index in [0.29, 0.717) is 0 Å². The molecular formula is C20H24N2O2. The SMILES string of the molecule is CC(C)(C)Oc1cccc2cccc(/C=C3\NNC(=O)C3(C)C)c12. The van der Waals surface area contributed by atoms with Crippen molar-refractivity contribution in [3.63, 3.8) is 0 Å². The Morgan fingerprint density at radius 2 is 1.71 bits per heavy atom. The number of carbonyl (C=O) groups is 1. The average molecular weight is 324 g/mol. The molecule has 1 fully saturated rings. The molecule has 0 spiro atoms. The quantitative estimate of drug-likeness (QED) is 0.877. The number of hydrogen-bond donors (Lipinski definition) is 2. The molecule has 0 atom stereocenters. The molecule has 1 aliphatic heterocycles. The maximum atomic E-state index is 12.0. The molecule has 0 aromatic heterocycles. The maximum absolute atomic E-state index is 12.0. The third kappa shape index (κ3) is 2.96. The Hall–Kier alpha value is -2.49. The zero-order valence-electron chi connectivity index (χ0n) is 14.9. The summed E-state index contributed by atoms with van der Waals surface area (Å²) >= 11 is 0. The van der Waals surface area contributed by atoms with E-state index in [1.54, 1.807) is 0 Å². The molecule has 0 radical (unpaired) electrons. The van der Waals surface area contributed by atoms with E-state index >= 15 is 0 Å². The van der Waals surface area contributed by atoms with Gasteiger partial charge in [-0.1, -0.05) is 30.3 Å². The lowest BCUT2D eigenvalue weighted by Crippen LogP contribution is -2.28. The van der Waals surface area contributed by atoms with Crippen LogP contribution in [-0.2, 0) is 4.79 Å². The minimum Gasteiger partial charge on any atom is -0.487 e. The summed E-state index contributed by atoms with van der Waals surface area (Å²) in [6.45, 7) is 9.93. The predicted octanol–water partition coefficient (Wildman–Crippen LogP) is 4.02. The zero-order valence-corrected chi connectivity index (χ0v) is 14.9. The molecule has 1 amide bonds. The van der Waals surface area contributed by atoms with Crippen LogP contribution in [0.1, 0.15) is 40.2 Å². The van der Waals surface area contributed by atoms with Crippen molar-refractivity contribution in [1.82, 2.24) is 10.9 Å². The fraction of sp³-hybridized carbons (Fsp3) is 0.350. The van der Waals surface area contributed by atoms with Crippen LogP contribution in [0.4, 0.5) is 0 Å². The molecule has 0 saturated carbocycles. The third-order valence-corrected chi connectivity index (χ3v) is 4.17. The zero-order chi connectivity index (χ0) is 17.5. The van der Waals surface area contributed by atoms with Crippen molar-refractivity contribution in [2.45, 2.75) is 40.2 Å². The first-order valence-electron chi connectivity index (χ1n) is 8.18. The first kappa shape index (κ1) is 16.4. The van der Waals surface area contributed by atoms with E-state index in [1.807, 2.05) is 65.0 Å². The van der Waals surface area contributed by atoms with Gasteiger partial charge in [0.1, 0.15) is 11.4 Å². The summed E-state index contributed by atoms with van der Waals surface area (Å²) < 4.78 is 6.16. The monoisotopic (exact) mass is 324 g/mol. The van der Waals surface area contributed by atoms with Gasteiger partial charge in [-0.25, -0.2) is 0 Å². The van der Waals surface area contributed by atoms with Crippen LogP contribution in [0.2, 0.25) is 0 Å². The minimum absolute atomic E-state index is 0.0276. The summed E-state index contributed by atoms with van der Waals surface area (Å²) in [6.07, 6.45) is 2.02. The number of fused-ring (bicyclic) bond motifs is 1. The second-order valence-corrected chi connectivity index (χ2v) is 7.68. The summed E-state index contributed by atoms with van der Waals surface area (Å²) in [4.78, 5) is 12.0. The number of nitrogens with one attached hydrogen (secondary N) is 2. The van der Waals surface area contributed by atoms with Gasteiger partial charge < -0.3 is 10.2 Å². The van der Waals surface area contributed by atoms with Gasteiger partial charge in [-0.05, 0) is 57.7 Å². The van der Waals surface area contributed by atoms with Crippen molar-refractivity contribution in [2.24, 2.45) is 5.41 Å². The van der Waals surface area contributed by atoms with Crippen LogP contribution in [0.15, 0.2) is 42.1 Å². The number of rotatable bonds is 2. The van der Waals surface area contributed by atoms with Gasteiger partial charge in [0.15, 0.2) is 0 Å². The largest absolute Gasteiger partial charge is 0.487 e. The topological polar surface area (TPSA) is 50.4 Å². The molecule has 2 aromatic rings. The summed E-state index contributed by atoms with van der Waals surface area (Å²) in [5, 5.41) is 2.17. The van der Waals surface area contributed by atoms with Crippen molar-refractivity contribution >= 4 is 22.8 Å². The maximum Gasteiger partial charge on any atom is 0.249 e. The lowest BCUT2D eigenvalue weighted by Gasteiger charge is -2.23. The van der Waals surface area contributed by atoms with E-state index in [1.165, 1.54) is 0 Å². The van der Waals surface area contributed by atoms with Crippen LogP contribution in [0, 0.1) is 5.41 Å². The number of hydrazine groups is 1. The standard InChI is InChI=1S/C20H24N2O2/c1-19(2,3)24-15-11-7-9-13-8-6-10-14(17(13)15)12-16-20(4,5)18(23)22-21-16/h6-12,21H,1-5H3,(H,22,23)/b16-12-. The first-order chi connectivity index (χ1) is 11.2. The smallest absolute Gasteiger partial charge is 0.249 e. The van der Waals surface area contributed by atoms with E-state index < -0.39 is 5.41 Å². The van der Waals surface area contributed by atoms with Gasteiger partial charge in [-0.15, -0.1) is 0 Å². The highest BCUT2D eigenvalue weighted by atomic mass is 16.5. The molecule has 126 valence electrons. The Kier molecular flexibility index (Phi) is 3.78. The van der Waals surface area contributed by atoms with Crippen LogP contribution in [0.25, 0.3) is 16.8 Å². The summed E-state index contributed by atoms with van der Waals surface area (Å²) in [6, 6.07) is 12.2. The highest BCUT2D eigenvalue weighted by molar-refractivity contribution is 5.97. The first-order valence-corrected chi connectivity index (χ1v) is 8.18. The molecule has 0 bridgehead atoms. The minimum atomic E-state index is -0.581. The van der Waals surface area contributed by atoms with E-state index in [9.17, 15) is 4.79 Å². The molecule has 24 heavy (non-hydrogen) atoms. The molecule has 1 saturated heterocycles. The van der Waals surface area contributed by atoms with Gasteiger partial charge in [0, 0.05) is 11.1 Å². The van der Waals surface area contributed by atoms with Crippen LogP contribution in [0.3, 0.4) is 0 Å².